The molecule has 0 aromatic heterocycles. The number of hydrogen-bond donors (Lipinski definition) is 2. The summed E-state index contributed by atoms with van der Waals surface area (Å²) in [7, 11) is 0. The van der Waals surface area contributed by atoms with Crippen LogP contribution in [0.4, 0.5) is 10.5 Å². The SMILES string of the molecule is CCOc1cc(C=C2C(=O)NC(=O)NC2=O)cc([N+](=O)[O-])c1OCC. The van der Waals surface area contributed by atoms with E-state index in [1.54, 1.807) is 13.8 Å². The van der Waals surface area contributed by atoms with Gasteiger partial charge in [-0.3, -0.25) is 30.3 Å². The lowest BCUT2D eigenvalue weighted by Crippen LogP contribution is -2.51. The number of benzene rings is 1. The van der Waals surface area contributed by atoms with Crippen LogP contribution < -0.4 is 20.1 Å². The number of carbonyl (C=O) groups excluding carboxylic acids is 3. The molecular weight excluding hydrogens is 334 g/mol. The van der Waals surface area contributed by atoms with Crippen LogP contribution in [0.3, 0.4) is 0 Å². The molecule has 1 aromatic carbocycles. The summed E-state index contributed by atoms with van der Waals surface area (Å²) in [6, 6.07) is 1.63. The van der Waals surface area contributed by atoms with Crippen LogP contribution in [0.2, 0.25) is 0 Å². The number of amides is 4. The first kappa shape index (κ1) is 17.9. The second kappa shape index (κ2) is 7.43. The number of barbiturate groups is 1. The van der Waals surface area contributed by atoms with E-state index in [1.165, 1.54) is 6.07 Å². The molecule has 132 valence electrons. The Balaban J connectivity index is 2.56. The molecule has 4 amide bonds. The number of carbonyl (C=O) groups is 3. The normalized spacial score (nSPS) is 13.8. The summed E-state index contributed by atoms with van der Waals surface area (Å²) < 4.78 is 10.7. The van der Waals surface area contributed by atoms with Crippen molar-refractivity contribution in [1.29, 1.82) is 0 Å². The molecule has 0 radical (unpaired) electrons. The van der Waals surface area contributed by atoms with E-state index in [0.717, 1.165) is 12.1 Å². The number of ether oxygens (including phenoxy) is 2. The number of imide groups is 2. The summed E-state index contributed by atoms with van der Waals surface area (Å²) >= 11 is 0. The third-order valence-corrected chi connectivity index (χ3v) is 3.10. The lowest BCUT2D eigenvalue weighted by Gasteiger charge is -2.15. The van der Waals surface area contributed by atoms with Gasteiger partial charge in [-0.15, -0.1) is 0 Å². The second-order valence-corrected chi connectivity index (χ2v) is 4.79. The third-order valence-electron chi connectivity index (χ3n) is 3.10. The van der Waals surface area contributed by atoms with Gasteiger partial charge in [-0.05, 0) is 31.6 Å². The summed E-state index contributed by atoms with van der Waals surface area (Å²) in [5, 5.41) is 15.2. The summed E-state index contributed by atoms with van der Waals surface area (Å²) in [6.45, 7) is 3.78. The molecule has 1 aliphatic rings. The van der Waals surface area contributed by atoms with Gasteiger partial charge in [0, 0.05) is 6.07 Å². The van der Waals surface area contributed by atoms with E-state index in [-0.39, 0.29) is 41.5 Å². The molecule has 25 heavy (non-hydrogen) atoms. The van der Waals surface area contributed by atoms with E-state index in [1.807, 2.05) is 10.6 Å². The monoisotopic (exact) mass is 349 g/mol. The molecular formula is C15H15N3O7. The minimum Gasteiger partial charge on any atom is -0.490 e. The van der Waals surface area contributed by atoms with Gasteiger partial charge in [-0.25, -0.2) is 4.79 Å². The smallest absolute Gasteiger partial charge is 0.328 e. The molecule has 1 aromatic rings. The van der Waals surface area contributed by atoms with Gasteiger partial charge in [0.05, 0.1) is 18.1 Å². The highest BCUT2D eigenvalue weighted by molar-refractivity contribution is 6.31. The average molecular weight is 349 g/mol. The topological polar surface area (TPSA) is 137 Å². The Morgan fingerprint density at radius 1 is 1.08 bits per heavy atom. The lowest BCUT2D eigenvalue weighted by molar-refractivity contribution is -0.386. The fourth-order valence-corrected chi connectivity index (χ4v) is 2.15. The van der Waals surface area contributed by atoms with Crippen LogP contribution in [-0.4, -0.2) is 36.0 Å². The summed E-state index contributed by atoms with van der Waals surface area (Å²) in [6.07, 6.45) is 1.13. The van der Waals surface area contributed by atoms with Crippen LogP contribution in [0.25, 0.3) is 6.08 Å². The van der Waals surface area contributed by atoms with Crippen molar-refractivity contribution in [2.45, 2.75) is 13.8 Å². The van der Waals surface area contributed by atoms with Crippen LogP contribution in [0.15, 0.2) is 17.7 Å². The number of urea groups is 1. The van der Waals surface area contributed by atoms with Gasteiger partial charge in [-0.1, -0.05) is 0 Å². The number of hydrogen-bond acceptors (Lipinski definition) is 7. The predicted octanol–water partition coefficient (Wildman–Crippen LogP) is 1.14. The van der Waals surface area contributed by atoms with Crippen molar-refractivity contribution in [2.24, 2.45) is 0 Å². The molecule has 1 heterocycles. The van der Waals surface area contributed by atoms with Crippen molar-refractivity contribution in [1.82, 2.24) is 10.6 Å². The second-order valence-electron chi connectivity index (χ2n) is 4.79. The van der Waals surface area contributed by atoms with Gasteiger partial charge in [0.25, 0.3) is 11.8 Å². The molecule has 0 spiro atoms. The van der Waals surface area contributed by atoms with E-state index in [9.17, 15) is 24.5 Å². The molecule has 1 fully saturated rings. The highest BCUT2D eigenvalue weighted by atomic mass is 16.6. The maximum atomic E-state index is 11.8. The standard InChI is InChI=1S/C15H15N3O7/c1-3-24-11-7-8(6-10(18(22)23)12(11)25-4-2)5-9-13(19)16-15(21)17-14(9)20/h5-7H,3-4H2,1-2H3,(H2,16,17,19,20,21). The summed E-state index contributed by atoms with van der Waals surface area (Å²) in [5.74, 6) is -1.73. The maximum absolute atomic E-state index is 11.8. The molecule has 0 atom stereocenters. The molecule has 2 N–H and O–H groups in total. The van der Waals surface area contributed by atoms with E-state index >= 15 is 0 Å². The van der Waals surface area contributed by atoms with E-state index < -0.39 is 22.8 Å². The van der Waals surface area contributed by atoms with Crippen molar-refractivity contribution < 1.29 is 28.8 Å². The van der Waals surface area contributed by atoms with Crippen LogP contribution in [0.1, 0.15) is 19.4 Å². The minimum absolute atomic E-state index is 0.0378. The fraction of sp³-hybridized carbons (Fsp3) is 0.267. The zero-order valence-corrected chi connectivity index (χ0v) is 13.5. The summed E-state index contributed by atoms with van der Waals surface area (Å²) in [5.41, 5.74) is -0.555. The Kier molecular flexibility index (Phi) is 5.32. The van der Waals surface area contributed by atoms with Gasteiger partial charge < -0.3 is 9.47 Å². The first-order valence-corrected chi connectivity index (χ1v) is 7.33. The Labute approximate surface area is 141 Å². The first-order chi connectivity index (χ1) is 11.9. The molecule has 0 bridgehead atoms. The van der Waals surface area contributed by atoms with Crippen molar-refractivity contribution in [3.8, 4) is 11.5 Å². The van der Waals surface area contributed by atoms with Gasteiger partial charge in [0.1, 0.15) is 5.57 Å². The van der Waals surface area contributed by atoms with Crippen LogP contribution in [-0.2, 0) is 9.59 Å². The Morgan fingerprint density at radius 2 is 1.68 bits per heavy atom. The zero-order chi connectivity index (χ0) is 18.6. The van der Waals surface area contributed by atoms with E-state index in [2.05, 4.69) is 0 Å². The van der Waals surface area contributed by atoms with E-state index in [0.29, 0.717) is 0 Å². The van der Waals surface area contributed by atoms with Crippen LogP contribution in [0, 0.1) is 10.1 Å². The zero-order valence-electron chi connectivity index (χ0n) is 13.5. The van der Waals surface area contributed by atoms with Gasteiger partial charge in [-0.2, -0.15) is 0 Å². The van der Waals surface area contributed by atoms with Gasteiger partial charge in [0.2, 0.25) is 5.75 Å². The van der Waals surface area contributed by atoms with Crippen LogP contribution >= 0.6 is 0 Å². The Morgan fingerprint density at radius 3 is 2.20 bits per heavy atom. The quantitative estimate of drug-likeness (QED) is 0.340. The lowest BCUT2D eigenvalue weighted by atomic mass is 10.1. The predicted molar refractivity (Wildman–Crippen MR) is 85.1 cm³/mol. The molecule has 1 saturated heterocycles. The number of nitrogens with zero attached hydrogens (tertiary/aromatic N) is 1. The maximum Gasteiger partial charge on any atom is 0.328 e. The van der Waals surface area contributed by atoms with E-state index in [4.69, 9.17) is 9.47 Å². The Hall–Kier alpha value is -3.43. The highest BCUT2D eigenvalue weighted by Crippen LogP contribution is 2.39. The number of nitro benzene ring substituents is 1. The van der Waals surface area contributed by atoms with Gasteiger partial charge in [0.15, 0.2) is 5.75 Å². The number of nitro groups is 1. The molecule has 1 aliphatic heterocycles. The van der Waals surface area contributed by atoms with Crippen molar-refractivity contribution in [3.63, 3.8) is 0 Å². The Bertz CT molecular complexity index is 764. The first-order valence-electron chi connectivity index (χ1n) is 7.33. The average Bonchev–Trinajstić information content (AvgIpc) is 2.53. The minimum atomic E-state index is -0.931. The molecule has 2 rings (SSSR count). The molecule has 0 unspecified atom stereocenters. The van der Waals surface area contributed by atoms with Crippen molar-refractivity contribution >= 4 is 29.6 Å². The third kappa shape index (κ3) is 3.91. The summed E-state index contributed by atoms with van der Waals surface area (Å²) in [4.78, 5) is 45.3. The fourth-order valence-electron chi connectivity index (χ4n) is 2.15. The van der Waals surface area contributed by atoms with Crippen molar-refractivity contribution in [3.05, 3.63) is 33.4 Å². The highest BCUT2D eigenvalue weighted by Gasteiger charge is 2.29. The largest absolute Gasteiger partial charge is 0.490 e. The van der Waals surface area contributed by atoms with Crippen LogP contribution in [0.5, 0.6) is 11.5 Å². The molecule has 10 heteroatoms. The van der Waals surface area contributed by atoms with Gasteiger partial charge >= 0.3 is 11.7 Å². The molecule has 0 saturated carbocycles. The molecule has 0 aliphatic carbocycles. The number of nitrogens with one attached hydrogen (secondary N) is 2. The van der Waals surface area contributed by atoms with Crippen molar-refractivity contribution in [2.75, 3.05) is 13.2 Å². The number of rotatable bonds is 6. The molecule has 10 nitrogen and oxygen atoms in total.